The molecule has 172 valence electrons. The highest BCUT2D eigenvalue weighted by molar-refractivity contribution is 7.89. The zero-order chi connectivity index (χ0) is 22.7. The van der Waals surface area contributed by atoms with E-state index < -0.39 is 10.0 Å². The van der Waals surface area contributed by atoms with E-state index in [4.69, 9.17) is 23.2 Å². The molecule has 0 spiro atoms. The summed E-state index contributed by atoms with van der Waals surface area (Å²) >= 11 is 12.2. The molecule has 0 radical (unpaired) electrons. The zero-order valence-corrected chi connectivity index (χ0v) is 20.1. The van der Waals surface area contributed by atoms with E-state index in [0.717, 1.165) is 18.8 Å². The second kappa shape index (κ2) is 10.00. The SMILES string of the molecule is O=C(Nc1ccc(N2CCCCC2)cc1)C1CCN(S(=O)(=O)c2c(Cl)cccc2Cl)CC1. The maximum atomic E-state index is 13.0. The van der Waals surface area contributed by atoms with Crippen molar-refractivity contribution >= 4 is 50.5 Å². The highest BCUT2D eigenvalue weighted by Gasteiger charge is 2.34. The Morgan fingerprint density at radius 3 is 2.06 bits per heavy atom. The van der Waals surface area contributed by atoms with Gasteiger partial charge in [-0.05, 0) is 68.5 Å². The van der Waals surface area contributed by atoms with Crippen molar-refractivity contribution < 1.29 is 13.2 Å². The van der Waals surface area contributed by atoms with Gasteiger partial charge in [0, 0.05) is 43.5 Å². The third kappa shape index (κ3) is 5.06. The van der Waals surface area contributed by atoms with E-state index in [9.17, 15) is 13.2 Å². The van der Waals surface area contributed by atoms with Crippen LogP contribution in [0.3, 0.4) is 0 Å². The molecule has 2 aliphatic heterocycles. The molecule has 0 aromatic heterocycles. The van der Waals surface area contributed by atoms with Gasteiger partial charge < -0.3 is 10.2 Å². The number of amides is 1. The molecule has 6 nitrogen and oxygen atoms in total. The smallest absolute Gasteiger partial charge is 0.246 e. The van der Waals surface area contributed by atoms with Gasteiger partial charge in [0.25, 0.3) is 0 Å². The molecule has 0 unspecified atom stereocenters. The fraction of sp³-hybridized carbons (Fsp3) is 0.435. The molecule has 2 saturated heterocycles. The van der Waals surface area contributed by atoms with E-state index in [1.165, 1.54) is 41.4 Å². The molecule has 0 atom stereocenters. The first-order chi connectivity index (χ1) is 15.4. The summed E-state index contributed by atoms with van der Waals surface area (Å²) in [5.41, 5.74) is 1.94. The molecule has 0 aliphatic carbocycles. The van der Waals surface area contributed by atoms with Crippen LogP contribution in [0.4, 0.5) is 11.4 Å². The Labute approximate surface area is 199 Å². The molecule has 2 aliphatic rings. The third-order valence-electron chi connectivity index (χ3n) is 6.20. The van der Waals surface area contributed by atoms with Crippen molar-refractivity contribution in [1.29, 1.82) is 0 Å². The van der Waals surface area contributed by atoms with Crippen LogP contribution in [0.25, 0.3) is 0 Å². The molecule has 2 aromatic rings. The lowest BCUT2D eigenvalue weighted by Gasteiger charge is -2.31. The second-order valence-corrected chi connectivity index (χ2v) is 11.0. The van der Waals surface area contributed by atoms with E-state index in [0.29, 0.717) is 12.8 Å². The number of nitrogens with one attached hydrogen (secondary N) is 1. The molecule has 2 aromatic carbocycles. The summed E-state index contributed by atoms with van der Waals surface area (Å²) in [7, 11) is -3.81. The fourth-order valence-corrected chi connectivity index (χ4v) is 6.93. The monoisotopic (exact) mass is 495 g/mol. The van der Waals surface area contributed by atoms with Crippen LogP contribution in [0.15, 0.2) is 47.4 Å². The van der Waals surface area contributed by atoms with Gasteiger partial charge in [0.1, 0.15) is 4.90 Å². The largest absolute Gasteiger partial charge is 0.372 e. The van der Waals surface area contributed by atoms with Crippen LogP contribution >= 0.6 is 23.2 Å². The summed E-state index contributed by atoms with van der Waals surface area (Å²) in [5, 5.41) is 3.18. The summed E-state index contributed by atoms with van der Waals surface area (Å²) in [6.07, 6.45) is 4.61. The van der Waals surface area contributed by atoms with E-state index >= 15 is 0 Å². The van der Waals surface area contributed by atoms with Gasteiger partial charge in [-0.1, -0.05) is 29.3 Å². The molecule has 1 N–H and O–H groups in total. The molecule has 4 rings (SSSR count). The molecule has 9 heteroatoms. The van der Waals surface area contributed by atoms with Crippen LogP contribution in [0, 0.1) is 5.92 Å². The Balaban J connectivity index is 1.34. The fourth-order valence-electron chi connectivity index (χ4n) is 4.37. The van der Waals surface area contributed by atoms with Crippen molar-refractivity contribution in [3.63, 3.8) is 0 Å². The summed E-state index contributed by atoms with van der Waals surface area (Å²) in [4.78, 5) is 15.1. The number of anilines is 2. The lowest BCUT2D eigenvalue weighted by Crippen LogP contribution is -2.41. The van der Waals surface area contributed by atoms with Crippen LogP contribution < -0.4 is 10.2 Å². The van der Waals surface area contributed by atoms with Crippen molar-refractivity contribution in [2.45, 2.75) is 37.0 Å². The van der Waals surface area contributed by atoms with Crippen molar-refractivity contribution in [1.82, 2.24) is 4.31 Å². The molecule has 2 fully saturated rings. The number of benzene rings is 2. The summed E-state index contributed by atoms with van der Waals surface area (Å²) < 4.78 is 27.4. The Morgan fingerprint density at radius 2 is 1.47 bits per heavy atom. The first-order valence-corrected chi connectivity index (χ1v) is 13.2. The van der Waals surface area contributed by atoms with Gasteiger partial charge in [-0.15, -0.1) is 0 Å². The van der Waals surface area contributed by atoms with E-state index in [1.54, 1.807) is 6.07 Å². The first kappa shape index (κ1) is 23.4. The molecule has 1 amide bonds. The molecule has 2 heterocycles. The van der Waals surface area contributed by atoms with E-state index in [2.05, 4.69) is 10.2 Å². The summed E-state index contributed by atoms with van der Waals surface area (Å²) in [6.45, 7) is 2.64. The topological polar surface area (TPSA) is 69.7 Å². The number of halogens is 2. The number of nitrogens with zero attached hydrogens (tertiary/aromatic N) is 2. The minimum Gasteiger partial charge on any atom is -0.372 e. The van der Waals surface area contributed by atoms with E-state index in [-0.39, 0.29) is 39.9 Å². The minimum atomic E-state index is -3.81. The maximum absolute atomic E-state index is 13.0. The molecule has 0 saturated carbocycles. The third-order valence-corrected chi connectivity index (χ3v) is 9.05. The quantitative estimate of drug-likeness (QED) is 0.631. The van der Waals surface area contributed by atoms with E-state index in [1.807, 2.05) is 24.3 Å². The lowest BCUT2D eigenvalue weighted by atomic mass is 9.97. The predicted molar refractivity (Wildman–Crippen MR) is 129 cm³/mol. The van der Waals surface area contributed by atoms with Gasteiger partial charge >= 0.3 is 0 Å². The lowest BCUT2D eigenvalue weighted by molar-refractivity contribution is -0.120. The van der Waals surface area contributed by atoms with Gasteiger partial charge in [-0.2, -0.15) is 4.31 Å². The first-order valence-electron chi connectivity index (χ1n) is 11.0. The standard InChI is InChI=1S/C23H27Cl2N3O3S/c24-20-5-4-6-21(25)22(20)32(30,31)28-15-11-17(12-16-28)23(29)26-18-7-9-19(10-8-18)27-13-2-1-3-14-27/h4-10,17H,1-3,11-16H2,(H,26,29). The average Bonchev–Trinajstić information content (AvgIpc) is 2.80. The normalized spacial score (nSPS) is 18.5. The Hall–Kier alpha value is -1.80. The number of rotatable bonds is 5. The number of piperidine rings is 2. The van der Waals surface area contributed by atoms with Crippen molar-refractivity contribution in [3.05, 3.63) is 52.5 Å². The van der Waals surface area contributed by atoms with Crippen LogP contribution in [0.5, 0.6) is 0 Å². The number of sulfonamides is 1. The maximum Gasteiger partial charge on any atom is 0.246 e. The predicted octanol–water partition coefficient (Wildman–Crippen LogP) is 5.02. The van der Waals surface area contributed by atoms with Gasteiger partial charge in [-0.25, -0.2) is 8.42 Å². The number of carbonyl (C=O) groups is 1. The highest BCUT2D eigenvalue weighted by atomic mass is 35.5. The van der Waals surface area contributed by atoms with Crippen LogP contribution in [-0.4, -0.2) is 44.8 Å². The Bertz CT molecular complexity index is 1040. The second-order valence-electron chi connectivity index (χ2n) is 8.31. The zero-order valence-electron chi connectivity index (χ0n) is 17.8. The van der Waals surface area contributed by atoms with Crippen molar-refractivity contribution in [2.24, 2.45) is 5.92 Å². The minimum absolute atomic E-state index is 0.0694. The van der Waals surface area contributed by atoms with Gasteiger partial charge in [-0.3, -0.25) is 4.79 Å². The summed E-state index contributed by atoms with van der Waals surface area (Å²) in [5.74, 6) is -0.325. The Morgan fingerprint density at radius 1 is 0.875 bits per heavy atom. The van der Waals surface area contributed by atoms with Gasteiger partial charge in [0.2, 0.25) is 15.9 Å². The molecule has 32 heavy (non-hydrogen) atoms. The molecule has 0 bridgehead atoms. The summed E-state index contributed by atoms with van der Waals surface area (Å²) in [6, 6.07) is 12.6. The number of carbonyl (C=O) groups excluding carboxylic acids is 1. The van der Waals surface area contributed by atoms with Gasteiger partial charge in [0.05, 0.1) is 10.0 Å². The average molecular weight is 496 g/mol. The molecular formula is C23H27Cl2N3O3S. The van der Waals surface area contributed by atoms with Crippen LogP contribution in [0.2, 0.25) is 10.0 Å². The Kier molecular flexibility index (Phi) is 7.30. The highest BCUT2D eigenvalue weighted by Crippen LogP contribution is 2.33. The number of hydrogen-bond acceptors (Lipinski definition) is 4. The van der Waals surface area contributed by atoms with Crippen LogP contribution in [-0.2, 0) is 14.8 Å². The van der Waals surface area contributed by atoms with Gasteiger partial charge in [0.15, 0.2) is 0 Å². The van der Waals surface area contributed by atoms with Crippen molar-refractivity contribution in [3.8, 4) is 0 Å². The van der Waals surface area contributed by atoms with Crippen LogP contribution in [0.1, 0.15) is 32.1 Å². The number of hydrogen-bond donors (Lipinski definition) is 1. The van der Waals surface area contributed by atoms with Crippen molar-refractivity contribution in [2.75, 3.05) is 36.4 Å². The molecular weight excluding hydrogens is 469 g/mol.